The molecule has 2 rings (SSSR count). The molecule has 0 spiro atoms. The van der Waals surface area contributed by atoms with Crippen LogP contribution < -0.4 is 4.74 Å². The summed E-state index contributed by atoms with van der Waals surface area (Å²) in [4.78, 5) is 12.3. The van der Waals surface area contributed by atoms with Crippen LogP contribution in [0, 0.1) is 26.7 Å². The van der Waals surface area contributed by atoms with Crippen LogP contribution in [0.25, 0.3) is 0 Å². The molecule has 1 heterocycles. The summed E-state index contributed by atoms with van der Waals surface area (Å²) in [6.07, 6.45) is 1.31. The van der Waals surface area contributed by atoms with Crippen molar-refractivity contribution >= 4 is 16.0 Å². The number of aryl methyl sites for hydroxylation is 1. The highest BCUT2D eigenvalue weighted by molar-refractivity contribution is 7.89. The summed E-state index contributed by atoms with van der Waals surface area (Å²) in [7, 11) is -2.11. The Hall–Kier alpha value is -1.60. The summed E-state index contributed by atoms with van der Waals surface area (Å²) in [5.41, 5.74) is 2.15. The van der Waals surface area contributed by atoms with E-state index >= 15 is 0 Å². The van der Waals surface area contributed by atoms with E-state index in [9.17, 15) is 13.2 Å². The highest BCUT2D eigenvalue weighted by atomic mass is 32.2. The molecular formula is C18H27NO5S. The van der Waals surface area contributed by atoms with Crippen LogP contribution in [0.4, 0.5) is 0 Å². The number of sulfonamides is 1. The molecule has 1 aliphatic rings. The number of benzene rings is 1. The van der Waals surface area contributed by atoms with Crippen molar-refractivity contribution < 1.29 is 22.7 Å². The van der Waals surface area contributed by atoms with Crippen LogP contribution in [0.5, 0.6) is 5.75 Å². The SMILES string of the molecule is CCOC(=O)C1CCCN(S(=O)(=O)c2c(C)cc(OC)c(C)c2C)C1. The highest BCUT2D eigenvalue weighted by Gasteiger charge is 2.35. The van der Waals surface area contributed by atoms with E-state index in [4.69, 9.17) is 9.47 Å². The lowest BCUT2D eigenvalue weighted by Gasteiger charge is -2.31. The number of carbonyl (C=O) groups is 1. The molecule has 140 valence electrons. The zero-order valence-corrected chi connectivity index (χ0v) is 16.4. The van der Waals surface area contributed by atoms with Gasteiger partial charge in [0.25, 0.3) is 0 Å². The number of ether oxygens (including phenoxy) is 2. The lowest BCUT2D eigenvalue weighted by molar-refractivity contribution is -0.149. The van der Waals surface area contributed by atoms with Crippen LogP contribution >= 0.6 is 0 Å². The third-order valence-electron chi connectivity index (χ3n) is 4.80. The first-order valence-corrected chi connectivity index (χ1v) is 9.99. The van der Waals surface area contributed by atoms with Crippen molar-refractivity contribution in [2.24, 2.45) is 5.92 Å². The van der Waals surface area contributed by atoms with Gasteiger partial charge in [-0.2, -0.15) is 4.31 Å². The number of carbonyl (C=O) groups excluding carboxylic acids is 1. The molecule has 0 N–H and O–H groups in total. The molecule has 1 saturated heterocycles. The first-order valence-electron chi connectivity index (χ1n) is 8.55. The number of rotatable bonds is 5. The Morgan fingerprint density at radius 3 is 2.56 bits per heavy atom. The largest absolute Gasteiger partial charge is 0.496 e. The molecule has 0 bridgehead atoms. The van der Waals surface area contributed by atoms with Crippen molar-refractivity contribution in [2.75, 3.05) is 26.8 Å². The molecule has 1 fully saturated rings. The van der Waals surface area contributed by atoms with Crippen LogP contribution in [0.2, 0.25) is 0 Å². The Kier molecular flexibility index (Phi) is 6.11. The molecular weight excluding hydrogens is 342 g/mol. The fourth-order valence-corrected chi connectivity index (χ4v) is 5.38. The molecule has 0 saturated carbocycles. The van der Waals surface area contributed by atoms with Crippen LogP contribution in [0.1, 0.15) is 36.5 Å². The van der Waals surface area contributed by atoms with E-state index in [0.29, 0.717) is 47.8 Å². The van der Waals surface area contributed by atoms with Gasteiger partial charge in [0, 0.05) is 13.1 Å². The number of piperidine rings is 1. The molecule has 7 heteroatoms. The van der Waals surface area contributed by atoms with Crippen molar-refractivity contribution in [3.8, 4) is 5.75 Å². The topological polar surface area (TPSA) is 72.9 Å². The second-order valence-corrected chi connectivity index (χ2v) is 8.30. The maximum absolute atomic E-state index is 13.2. The predicted molar refractivity (Wildman–Crippen MR) is 95.3 cm³/mol. The van der Waals surface area contributed by atoms with Gasteiger partial charge in [-0.05, 0) is 63.3 Å². The first-order chi connectivity index (χ1) is 11.7. The quantitative estimate of drug-likeness (QED) is 0.746. The zero-order chi connectivity index (χ0) is 18.8. The Bertz CT molecular complexity index is 757. The predicted octanol–water partition coefficient (Wildman–Crippen LogP) is 2.58. The average Bonchev–Trinajstić information content (AvgIpc) is 2.58. The van der Waals surface area contributed by atoms with Gasteiger partial charge < -0.3 is 9.47 Å². The molecule has 1 aromatic carbocycles. The average molecular weight is 369 g/mol. The third-order valence-corrected chi connectivity index (χ3v) is 6.96. The van der Waals surface area contributed by atoms with Crippen LogP contribution in [0.15, 0.2) is 11.0 Å². The van der Waals surface area contributed by atoms with Gasteiger partial charge in [0.05, 0.1) is 24.5 Å². The van der Waals surface area contributed by atoms with E-state index in [0.717, 1.165) is 5.56 Å². The number of methoxy groups -OCH3 is 1. The third kappa shape index (κ3) is 3.82. The van der Waals surface area contributed by atoms with Crippen LogP contribution in [-0.2, 0) is 19.6 Å². The number of hydrogen-bond donors (Lipinski definition) is 0. The summed E-state index contributed by atoms with van der Waals surface area (Å²) in [5.74, 6) is -0.0396. The van der Waals surface area contributed by atoms with Crippen molar-refractivity contribution in [1.29, 1.82) is 0 Å². The fourth-order valence-electron chi connectivity index (χ4n) is 3.37. The summed E-state index contributed by atoms with van der Waals surface area (Å²) in [6, 6.07) is 1.75. The van der Waals surface area contributed by atoms with Gasteiger partial charge in [0.1, 0.15) is 5.75 Å². The van der Waals surface area contributed by atoms with Crippen molar-refractivity contribution in [1.82, 2.24) is 4.31 Å². The molecule has 1 aliphatic heterocycles. The molecule has 1 aromatic rings. The van der Waals surface area contributed by atoms with Crippen LogP contribution in [-0.4, -0.2) is 45.5 Å². The van der Waals surface area contributed by atoms with Gasteiger partial charge in [-0.25, -0.2) is 8.42 Å². The van der Waals surface area contributed by atoms with Crippen molar-refractivity contribution in [3.05, 3.63) is 22.8 Å². The second kappa shape index (κ2) is 7.74. The molecule has 0 amide bonds. The lowest BCUT2D eigenvalue weighted by Crippen LogP contribution is -2.43. The van der Waals surface area contributed by atoms with Crippen LogP contribution in [0.3, 0.4) is 0 Å². The molecule has 6 nitrogen and oxygen atoms in total. The van der Waals surface area contributed by atoms with E-state index in [1.165, 1.54) is 4.31 Å². The van der Waals surface area contributed by atoms with E-state index in [2.05, 4.69) is 0 Å². The zero-order valence-electron chi connectivity index (χ0n) is 15.6. The smallest absolute Gasteiger partial charge is 0.310 e. The maximum Gasteiger partial charge on any atom is 0.310 e. The van der Waals surface area contributed by atoms with Gasteiger partial charge in [-0.15, -0.1) is 0 Å². The van der Waals surface area contributed by atoms with Crippen molar-refractivity contribution in [3.63, 3.8) is 0 Å². The molecule has 25 heavy (non-hydrogen) atoms. The minimum atomic E-state index is -3.68. The van der Waals surface area contributed by atoms with Gasteiger partial charge in [0.15, 0.2) is 0 Å². The summed E-state index contributed by atoms with van der Waals surface area (Å²) in [5, 5.41) is 0. The second-order valence-electron chi connectivity index (χ2n) is 6.43. The van der Waals surface area contributed by atoms with Crippen molar-refractivity contribution in [2.45, 2.75) is 45.4 Å². The van der Waals surface area contributed by atoms with Gasteiger partial charge in [-0.3, -0.25) is 4.79 Å². The Balaban J connectivity index is 2.39. The minimum absolute atomic E-state index is 0.172. The molecule has 0 aliphatic carbocycles. The lowest BCUT2D eigenvalue weighted by atomic mass is 10.0. The summed E-state index contributed by atoms with van der Waals surface area (Å²) >= 11 is 0. The van der Waals surface area contributed by atoms with Gasteiger partial charge in [0.2, 0.25) is 10.0 Å². The van der Waals surface area contributed by atoms with E-state index < -0.39 is 15.9 Å². The number of nitrogens with zero attached hydrogens (tertiary/aromatic N) is 1. The normalized spacial score (nSPS) is 18.8. The van der Waals surface area contributed by atoms with Gasteiger partial charge >= 0.3 is 5.97 Å². The summed E-state index contributed by atoms with van der Waals surface area (Å²) < 4.78 is 38.3. The maximum atomic E-state index is 13.2. The molecule has 0 aromatic heterocycles. The van der Waals surface area contributed by atoms with E-state index in [1.54, 1.807) is 33.9 Å². The molecule has 0 radical (unpaired) electrons. The van der Waals surface area contributed by atoms with E-state index in [-0.39, 0.29) is 12.5 Å². The monoisotopic (exact) mass is 369 g/mol. The molecule has 1 unspecified atom stereocenters. The number of hydrogen-bond acceptors (Lipinski definition) is 5. The first kappa shape index (κ1) is 19.7. The summed E-state index contributed by atoms with van der Waals surface area (Å²) in [6.45, 7) is 8.07. The number of esters is 1. The Morgan fingerprint density at radius 1 is 1.28 bits per heavy atom. The standard InChI is InChI=1S/C18H27NO5S/c1-6-24-18(20)15-8-7-9-19(11-15)25(21,22)17-12(2)10-16(23-5)13(3)14(17)4/h10,15H,6-9,11H2,1-5H3. The Morgan fingerprint density at radius 2 is 1.96 bits per heavy atom. The Labute approximate surface area is 150 Å². The fraction of sp³-hybridized carbons (Fsp3) is 0.611. The van der Waals surface area contributed by atoms with Gasteiger partial charge in [-0.1, -0.05) is 0 Å². The molecule has 1 atom stereocenters. The van der Waals surface area contributed by atoms with E-state index in [1.807, 2.05) is 6.92 Å². The minimum Gasteiger partial charge on any atom is -0.496 e. The highest BCUT2D eigenvalue weighted by Crippen LogP contribution is 2.33.